The van der Waals surface area contributed by atoms with Gasteiger partial charge in [-0.25, -0.2) is 0 Å². The van der Waals surface area contributed by atoms with Crippen molar-refractivity contribution < 1.29 is 14.6 Å². The summed E-state index contributed by atoms with van der Waals surface area (Å²) in [6.07, 6.45) is -0.751. The number of hydrogen-bond donors (Lipinski definition) is 3. The highest BCUT2D eigenvalue weighted by atomic mass is 16.3. The molecule has 1 aliphatic heterocycles. The van der Waals surface area contributed by atoms with Gasteiger partial charge in [0.15, 0.2) is 0 Å². The predicted octanol–water partition coefficient (Wildman–Crippen LogP) is 2.31. The minimum absolute atomic E-state index is 0.240. The molecule has 0 saturated carbocycles. The maximum Gasteiger partial charge on any atom is 0.134 e. The number of furan rings is 1. The number of aliphatic hydroxyl groups excluding tert-OH is 2. The molecule has 1 aromatic heterocycles. The standard InChI is InChI=1S/C17H24N2O3/c1-10-8-19(3)11(2)16-14-6-12(18-7-13(21)9-20)4-5-15(14)22-17(10)16/h4-6,10-11,13,18,20-21H,7-9H2,1-3H3. The Labute approximate surface area is 130 Å². The molecule has 1 aliphatic rings. The third-order valence-corrected chi connectivity index (χ3v) is 4.60. The van der Waals surface area contributed by atoms with Crippen LogP contribution in [0.1, 0.15) is 37.1 Å². The molecular formula is C17H24N2O3. The first-order valence-electron chi connectivity index (χ1n) is 7.80. The van der Waals surface area contributed by atoms with Crippen LogP contribution in [0, 0.1) is 0 Å². The second-order valence-electron chi connectivity index (χ2n) is 6.32. The summed E-state index contributed by atoms with van der Waals surface area (Å²) in [5, 5.41) is 22.6. The molecule has 1 aromatic carbocycles. The van der Waals surface area contributed by atoms with Gasteiger partial charge in [-0.15, -0.1) is 0 Å². The lowest BCUT2D eigenvalue weighted by Gasteiger charge is -2.33. The van der Waals surface area contributed by atoms with Crippen molar-refractivity contribution in [3.05, 3.63) is 29.5 Å². The minimum atomic E-state index is -0.751. The van der Waals surface area contributed by atoms with Crippen LogP contribution in [0.15, 0.2) is 22.6 Å². The van der Waals surface area contributed by atoms with Crippen molar-refractivity contribution in [3.63, 3.8) is 0 Å². The van der Waals surface area contributed by atoms with Crippen LogP contribution in [0.4, 0.5) is 5.69 Å². The van der Waals surface area contributed by atoms with Gasteiger partial charge in [0.05, 0.1) is 12.7 Å². The summed E-state index contributed by atoms with van der Waals surface area (Å²) in [5.74, 6) is 1.48. The zero-order valence-electron chi connectivity index (χ0n) is 13.3. The van der Waals surface area contributed by atoms with Crippen molar-refractivity contribution in [3.8, 4) is 0 Å². The van der Waals surface area contributed by atoms with E-state index in [2.05, 4.69) is 37.2 Å². The maximum atomic E-state index is 9.46. The molecule has 3 rings (SSSR count). The number of likely N-dealkylation sites (N-methyl/N-ethyl adjacent to an activating group) is 1. The molecule has 0 amide bonds. The van der Waals surface area contributed by atoms with Gasteiger partial charge in [-0.2, -0.15) is 0 Å². The van der Waals surface area contributed by atoms with Crippen molar-refractivity contribution in [1.29, 1.82) is 0 Å². The average Bonchev–Trinajstić information content (AvgIpc) is 2.89. The normalized spacial score (nSPS) is 23.5. The third kappa shape index (κ3) is 2.60. The molecular weight excluding hydrogens is 280 g/mol. The molecule has 5 nitrogen and oxygen atoms in total. The van der Waals surface area contributed by atoms with E-state index in [-0.39, 0.29) is 6.61 Å². The molecule has 3 unspecified atom stereocenters. The fourth-order valence-electron chi connectivity index (χ4n) is 3.24. The van der Waals surface area contributed by atoms with Gasteiger partial charge in [0.1, 0.15) is 11.3 Å². The number of anilines is 1. The highest BCUT2D eigenvalue weighted by Gasteiger charge is 2.31. The Bertz CT molecular complexity index is 667. The Morgan fingerprint density at radius 1 is 1.41 bits per heavy atom. The molecule has 120 valence electrons. The van der Waals surface area contributed by atoms with Gasteiger partial charge in [-0.05, 0) is 32.2 Å². The molecule has 0 bridgehead atoms. The van der Waals surface area contributed by atoms with E-state index in [0.29, 0.717) is 18.5 Å². The van der Waals surface area contributed by atoms with Crippen LogP contribution in [0.5, 0.6) is 0 Å². The van der Waals surface area contributed by atoms with E-state index in [9.17, 15) is 5.11 Å². The molecule has 3 atom stereocenters. The molecule has 3 N–H and O–H groups in total. The summed E-state index contributed by atoms with van der Waals surface area (Å²) in [5.41, 5.74) is 3.10. The molecule has 0 spiro atoms. The van der Waals surface area contributed by atoms with Crippen LogP contribution in [-0.4, -0.2) is 48.0 Å². The van der Waals surface area contributed by atoms with Crippen molar-refractivity contribution in [1.82, 2.24) is 4.90 Å². The quantitative estimate of drug-likeness (QED) is 0.809. The van der Waals surface area contributed by atoms with Gasteiger partial charge in [0, 0.05) is 41.7 Å². The number of hydrogen-bond acceptors (Lipinski definition) is 5. The number of fused-ring (bicyclic) bond motifs is 3. The van der Waals surface area contributed by atoms with Crippen molar-refractivity contribution in [2.24, 2.45) is 0 Å². The lowest BCUT2D eigenvalue weighted by Crippen LogP contribution is -2.31. The average molecular weight is 304 g/mol. The van der Waals surface area contributed by atoms with Gasteiger partial charge in [-0.1, -0.05) is 6.92 Å². The lowest BCUT2D eigenvalue weighted by molar-refractivity contribution is 0.105. The van der Waals surface area contributed by atoms with E-state index in [1.165, 1.54) is 5.56 Å². The Morgan fingerprint density at radius 3 is 2.91 bits per heavy atom. The van der Waals surface area contributed by atoms with Gasteiger partial charge < -0.3 is 19.9 Å². The molecule has 5 heteroatoms. The Morgan fingerprint density at radius 2 is 2.18 bits per heavy atom. The summed E-state index contributed by atoms with van der Waals surface area (Å²) < 4.78 is 6.08. The van der Waals surface area contributed by atoms with E-state index in [0.717, 1.165) is 29.0 Å². The summed E-state index contributed by atoms with van der Waals surface area (Å²) in [6, 6.07) is 6.32. The minimum Gasteiger partial charge on any atom is -0.460 e. The van der Waals surface area contributed by atoms with Gasteiger partial charge >= 0.3 is 0 Å². The lowest BCUT2D eigenvalue weighted by atomic mass is 9.92. The predicted molar refractivity (Wildman–Crippen MR) is 87.3 cm³/mol. The summed E-state index contributed by atoms with van der Waals surface area (Å²) >= 11 is 0. The zero-order valence-corrected chi connectivity index (χ0v) is 13.3. The highest BCUT2D eigenvalue weighted by Crippen LogP contribution is 2.42. The Balaban J connectivity index is 1.98. The number of rotatable bonds is 4. The van der Waals surface area contributed by atoms with Gasteiger partial charge in [0.25, 0.3) is 0 Å². The van der Waals surface area contributed by atoms with Crippen LogP contribution in [0.25, 0.3) is 11.0 Å². The first-order chi connectivity index (χ1) is 10.5. The number of nitrogens with zero attached hydrogens (tertiary/aromatic N) is 1. The van der Waals surface area contributed by atoms with Crippen LogP contribution >= 0.6 is 0 Å². The summed E-state index contributed by atoms with van der Waals surface area (Å²) in [6.45, 7) is 5.49. The summed E-state index contributed by atoms with van der Waals surface area (Å²) in [4.78, 5) is 2.34. The third-order valence-electron chi connectivity index (χ3n) is 4.60. The first kappa shape index (κ1) is 15.3. The van der Waals surface area contributed by atoms with Crippen molar-refractivity contribution in [2.45, 2.75) is 31.9 Å². The largest absolute Gasteiger partial charge is 0.460 e. The smallest absolute Gasteiger partial charge is 0.134 e. The monoisotopic (exact) mass is 304 g/mol. The van der Waals surface area contributed by atoms with E-state index < -0.39 is 6.10 Å². The van der Waals surface area contributed by atoms with Gasteiger partial charge in [-0.3, -0.25) is 4.90 Å². The maximum absolute atomic E-state index is 9.46. The van der Waals surface area contributed by atoms with E-state index in [4.69, 9.17) is 9.52 Å². The van der Waals surface area contributed by atoms with Crippen LogP contribution in [0.3, 0.4) is 0 Å². The van der Waals surface area contributed by atoms with Crippen LogP contribution in [0.2, 0.25) is 0 Å². The highest BCUT2D eigenvalue weighted by molar-refractivity contribution is 5.86. The van der Waals surface area contributed by atoms with E-state index in [1.807, 2.05) is 12.1 Å². The number of nitrogens with one attached hydrogen (secondary N) is 1. The molecule has 0 fully saturated rings. The van der Waals surface area contributed by atoms with E-state index in [1.54, 1.807) is 0 Å². The zero-order chi connectivity index (χ0) is 15.9. The topological polar surface area (TPSA) is 68.9 Å². The fourth-order valence-corrected chi connectivity index (χ4v) is 3.24. The van der Waals surface area contributed by atoms with Crippen molar-refractivity contribution >= 4 is 16.7 Å². The molecule has 0 saturated heterocycles. The molecule has 2 heterocycles. The fraction of sp³-hybridized carbons (Fsp3) is 0.529. The molecule has 22 heavy (non-hydrogen) atoms. The Kier molecular flexibility index (Phi) is 4.12. The van der Waals surface area contributed by atoms with Crippen molar-refractivity contribution in [2.75, 3.05) is 32.1 Å². The first-order valence-corrected chi connectivity index (χ1v) is 7.80. The second kappa shape index (κ2) is 5.91. The SMILES string of the molecule is CC1CN(C)C(C)c2c1oc1ccc(NCC(O)CO)cc21. The Hall–Kier alpha value is -1.56. The van der Waals surface area contributed by atoms with Crippen LogP contribution < -0.4 is 5.32 Å². The van der Waals surface area contributed by atoms with Gasteiger partial charge in [0.2, 0.25) is 0 Å². The molecule has 2 aromatic rings. The van der Waals surface area contributed by atoms with Crippen LogP contribution in [-0.2, 0) is 0 Å². The van der Waals surface area contributed by atoms with E-state index >= 15 is 0 Å². The summed E-state index contributed by atoms with van der Waals surface area (Å²) in [7, 11) is 2.14. The number of aliphatic hydroxyl groups is 2. The number of benzene rings is 1. The molecule has 0 aliphatic carbocycles. The second-order valence-corrected chi connectivity index (χ2v) is 6.32. The molecule has 0 radical (unpaired) electrons.